The van der Waals surface area contributed by atoms with E-state index in [2.05, 4.69) is 213 Å². The number of nitrogens with one attached hydrogen (secondary N) is 2. The maximum Gasteiger partial charge on any atom is 0.0459 e. The molecule has 6 aromatic rings. The van der Waals surface area contributed by atoms with Gasteiger partial charge in [0.05, 0.1) is 0 Å². The van der Waals surface area contributed by atoms with Gasteiger partial charge in [0.15, 0.2) is 0 Å². The molecular weight excluding hydrogens is 1090 g/mol. The molecule has 1 aliphatic carbocycles. The van der Waals surface area contributed by atoms with E-state index < -0.39 is 0 Å². The SMILES string of the molecule is C.C=Cc1ccccc1.CCC.CCC1CCCC1.CCCNC.CCCOC.CCN1CCCC1.CCNC.CCOC.CCc1ccc(C)cc1.CCc1ccccc1.CCc1ccccn1.CCc1cccnc1.CSC.Cc1cccc(C)c1. The van der Waals surface area contributed by atoms with Gasteiger partial charge in [0, 0.05) is 51.7 Å². The zero-order chi connectivity index (χ0) is 66.7. The Hall–Kier alpha value is -4.93. The Morgan fingerprint density at radius 1 is 0.557 bits per heavy atom. The number of pyridine rings is 2. The quantitative estimate of drug-likeness (QED) is 0.119. The minimum absolute atomic E-state index is 0. The van der Waals surface area contributed by atoms with Crippen LogP contribution in [0.4, 0.5) is 0 Å². The Labute approximate surface area is 553 Å². The van der Waals surface area contributed by atoms with E-state index in [1.165, 1.54) is 116 Å². The first-order chi connectivity index (χ1) is 42.2. The number of hydrogen-bond donors (Lipinski definition) is 2. The highest BCUT2D eigenvalue weighted by atomic mass is 32.2. The number of aryl methyl sites for hydroxylation is 7. The highest BCUT2D eigenvalue weighted by Crippen LogP contribution is 2.26. The number of likely N-dealkylation sites (tertiary alicyclic amines) is 1. The van der Waals surface area contributed by atoms with Crippen LogP contribution >= 0.6 is 11.8 Å². The number of thioether (sulfide) groups is 1. The first-order valence-corrected chi connectivity index (χ1v) is 34.8. The maximum atomic E-state index is 4.69. The molecule has 0 spiro atoms. The van der Waals surface area contributed by atoms with Gasteiger partial charge in [-0.25, -0.2) is 0 Å². The Balaban J connectivity index is -0.000000162. The van der Waals surface area contributed by atoms with E-state index in [4.69, 9.17) is 4.74 Å². The molecule has 3 heterocycles. The Morgan fingerprint density at radius 2 is 1.03 bits per heavy atom. The molecule has 1 aliphatic heterocycles. The third-order valence-electron chi connectivity index (χ3n) is 12.5. The van der Waals surface area contributed by atoms with Gasteiger partial charge in [-0.05, 0) is 185 Å². The molecular formula is C80H141N5O2S. The highest BCUT2D eigenvalue weighted by Gasteiger charge is 2.11. The minimum Gasteiger partial charge on any atom is -0.385 e. The summed E-state index contributed by atoms with van der Waals surface area (Å²) in [5.74, 6) is 1.10. The van der Waals surface area contributed by atoms with E-state index in [1.54, 1.807) is 32.2 Å². The van der Waals surface area contributed by atoms with Crippen LogP contribution in [-0.2, 0) is 35.2 Å². The van der Waals surface area contributed by atoms with Gasteiger partial charge in [-0.1, -0.05) is 273 Å². The molecule has 0 atom stereocenters. The molecule has 0 amide bonds. The van der Waals surface area contributed by atoms with Crippen LogP contribution in [0.3, 0.4) is 0 Å². The van der Waals surface area contributed by atoms with Crippen molar-refractivity contribution in [1.82, 2.24) is 25.5 Å². The van der Waals surface area contributed by atoms with Crippen molar-refractivity contribution in [3.8, 4) is 0 Å². The van der Waals surface area contributed by atoms with Gasteiger partial charge in [-0.15, -0.1) is 0 Å². The van der Waals surface area contributed by atoms with Crippen LogP contribution in [0.1, 0.15) is 199 Å². The van der Waals surface area contributed by atoms with Crippen LogP contribution in [0.5, 0.6) is 0 Å². The summed E-state index contributed by atoms with van der Waals surface area (Å²) in [5, 5.41) is 5.95. The van der Waals surface area contributed by atoms with Gasteiger partial charge in [0.1, 0.15) is 0 Å². The first-order valence-electron chi connectivity index (χ1n) is 33.2. The lowest BCUT2D eigenvalue weighted by atomic mass is 10.1. The van der Waals surface area contributed by atoms with Crippen LogP contribution < -0.4 is 10.6 Å². The van der Waals surface area contributed by atoms with Gasteiger partial charge in [-0.3, -0.25) is 9.97 Å². The van der Waals surface area contributed by atoms with E-state index in [9.17, 15) is 0 Å². The standard InChI is InChI=1S/C9H12.2C8H10.C8H8.2C7H9N.C7H14.C6H13N.C4H11N.C4H10O.C3H9N.C3H8O.C3H8.C2H6S.CH4/c1-3-9-6-4-8(2)5-7-9;1-7-4-3-5-8(2)6-7;2*1-2-8-6-4-3-5-7-8;1-2-7-4-3-5-8-6-7;1-2-7-5-3-4-6-8-7;2*1-2-7-5-3-4-6-7;2*1-3-4-5-2;2*1-3-4-2;2*1-3-2;/h4-7H,3H2,1-2H3;3-6H,1-2H3;3-7H,2H2,1H3;2-7H,1H2;2*3-6H,2H2,1H3;7H,2-6H2,1H3;2-6H2,1H3;5H,3-4H2,1-2H3;3-4H2,1-2H3;4H,3H2,1-2H3;3H2,1-2H3;3H2,1-2H3;1-2H3;1H4. The Kier molecular flexibility index (Phi) is 92.4. The molecule has 7 nitrogen and oxygen atoms in total. The molecule has 0 bridgehead atoms. The monoisotopic (exact) mass is 1240 g/mol. The Bertz CT molecular complexity index is 1950. The van der Waals surface area contributed by atoms with Crippen LogP contribution in [0.25, 0.3) is 6.08 Å². The molecule has 0 unspecified atom stereocenters. The topological polar surface area (TPSA) is 71.5 Å². The smallest absolute Gasteiger partial charge is 0.0459 e. The summed E-state index contributed by atoms with van der Waals surface area (Å²) >= 11 is 1.75. The van der Waals surface area contributed by atoms with Crippen molar-refractivity contribution >= 4 is 17.8 Å². The second-order valence-electron chi connectivity index (χ2n) is 20.5. The number of nitrogens with zero attached hydrogens (tertiary/aromatic N) is 3. The fourth-order valence-electron chi connectivity index (χ4n) is 7.12. The second-order valence-corrected chi connectivity index (χ2v) is 21.4. The van der Waals surface area contributed by atoms with Crippen molar-refractivity contribution in [3.05, 3.63) is 209 Å². The Morgan fingerprint density at radius 3 is 1.27 bits per heavy atom. The van der Waals surface area contributed by atoms with Crippen LogP contribution in [0.15, 0.2) is 165 Å². The zero-order valence-corrected chi connectivity index (χ0v) is 61.1. The summed E-state index contributed by atoms with van der Waals surface area (Å²) in [4.78, 5) is 10.5. The number of methoxy groups -OCH3 is 2. The molecule has 2 N–H and O–H groups in total. The molecule has 504 valence electrons. The lowest BCUT2D eigenvalue weighted by Crippen LogP contribution is -2.17. The minimum atomic E-state index is 0. The number of aromatic nitrogens is 2. The molecule has 1 saturated carbocycles. The third-order valence-corrected chi connectivity index (χ3v) is 12.5. The van der Waals surface area contributed by atoms with Crippen molar-refractivity contribution in [2.45, 2.75) is 201 Å². The summed E-state index contributed by atoms with van der Waals surface area (Å²) in [6, 6.07) is 47.6. The van der Waals surface area contributed by atoms with E-state index in [-0.39, 0.29) is 7.43 Å². The molecule has 88 heavy (non-hydrogen) atoms. The molecule has 2 aliphatic rings. The summed E-state index contributed by atoms with van der Waals surface area (Å²) in [7, 11) is 7.28. The van der Waals surface area contributed by atoms with Gasteiger partial charge in [0.25, 0.3) is 0 Å². The van der Waals surface area contributed by atoms with Gasteiger partial charge >= 0.3 is 0 Å². The molecule has 1 saturated heterocycles. The molecule has 2 aromatic heterocycles. The number of ether oxygens (including phenoxy) is 2. The van der Waals surface area contributed by atoms with E-state index in [0.29, 0.717) is 0 Å². The van der Waals surface area contributed by atoms with E-state index in [0.717, 1.165) is 70.0 Å². The summed E-state index contributed by atoms with van der Waals surface area (Å²) < 4.78 is 9.23. The normalized spacial score (nSPS) is 10.9. The fourth-order valence-corrected chi connectivity index (χ4v) is 7.12. The van der Waals surface area contributed by atoms with Crippen LogP contribution in [-0.4, -0.2) is 102 Å². The predicted molar refractivity (Wildman–Crippen MR) is 405 cm³/mol. The van der Waals surface area contributed by atoms with Gasteiger partial charge in [-0.2, -0.15) is 11.8 Å². The zero-order valence-electron chi connectivity index (χ0n) is 60.3. The van der Waals surface area contributed by atoms with Crippen molar-refractivity contribution in [1.29, 1.82) is 0 Å². The van der Waals surface area contributed by atoms with Gasteiger partial charge in [0.2, 0.25) is 0 Å². The fraction of sp³-hybridized carbons (Fsp3) is 0.550. The summed E-state index contributed by atoms with van der Waals surface area (Å²) in [6.07, 6.45) is 29.7. The van der Waals surface area contributed by atoms with Crippen molar-refractivity contribution in [2.75, 3.05) is 86.8 Å². The largest absolute Gasteiger partial charge is 0.385 e. The number of benzene rings is 4. The van der Waals surface area contributed by atoms with E-state index in [1.807, 2.05) is 113 Å². The molecule has 8 rings (SSSR count). The van der Waals surface area contributed by atoms with E-state index >= 15 is 0 Å². The lowest BCUT2D eigenvalue weighted by Gasteiger charge is -2.08. The average Bonchev–Trinajstić information content (AvgIpc) is 4.36. The summed E-state index contributed by atoms with van der Waals surface area (Å²) in [6.45, 7) is 43.4. The molecule has 0 radical (unpaired) electrons. The molecule has 4 aromatic carbocycles. The lowest BCUT2D eigenvalue weighted by molar-refractivity contribution is 0.199. The number of rotatable bonds is 13. The van der Waals surface area contributed by atoms with Crippen LogP contribution in [0, 0.1) is 26.7 Å². The van der Waals surface area contributed by atoms with Crippen molar-refractivity contribution < 1.29 is 9.47 Å². The average molecular weight is 1240 g/mol. The first kappa shape index (κ1) is 96.7. The molecule has 8 heteroatoms. The highest BCUT2D eigenvalue weighted by molar-refractivity contribution is 7.97. The van der Waals surface area contributed by atoms with Crippen LogP contribution in [0.2, 0.25) is 0 Å². The van der Waals surface area contributed by atoms with Crippen molar-refractivity contribution in [3.63, 3.8) is 0 Å². The number of hydrogen-bond acceptors (Lipinski definition) is 8. The summed E-state index contributed by atoms with van der Waals surface area (Å²) in [5.41, 5.74) is 10.5. The second kappa shape index (κ2) is 84.1. The predicted octanol–water partition coefficient (Wildman–Crippen LogP) is 22.0. The maximum absolute atomic E-state index is 4.69. The van der Waals surface area contributed by atoms with Gasteiger partial charge < -0.3 is 25.0 Å². The molecule has 2 fully saturated rings. The third kappa shape index (κ3) is 79.1. The van der Waals surface area contributed by atoms with Crippen molar-refractivity contribution in [2.24, 2.45) is 5.92 Å².